The lowest BCUT2D eigenvalue weighted by Gasteiger charge is -2.18. The molecule has 3 nitrogen and oxygen atoms in total. The van der Waals surface area contributed by atoms with Gasteiger partial charge in [-0.2, -0.15) is 0 Å². The molecule has 0 bridgehead atoms. The van der Waals surface area contributed by atoms with E-state index in [4.69, 9.17) is 0 Å². The first-order valence-corrected chi connectivity index (χ1v) is 8.41. The normalized spacial score (nSPS) is 15.3. The Hall–Kier alpha value is -1.52. The van der Waals surface area contributed by atoms with Crippen LogP contribution >= 0.6 is 23.7 Å². The summed E-state index contributed by atoms with van der Waals surface area (Å²) in [6.07, 6.45) is 5.74. The minimum atomic E-state index is 0. The third-order valence-corrected chi connectivity index (χ3v) is 5.51. The molecule has 0 atom stereocenters. The van der Waals surface area contributed by atoms with Gasteiger partial charge in [0.05, 0.1) is 4.88 Å². The van der Waals surface area contributed by atoms with Gasteiger partial charge in [-0.1, -0.05) is 0 Å². The molecule has 2 heterocycles. The van der Waals surface area contributed by atoms with Crippen LogP contribution in [0.15, 0.2) is 24.3 Å². The van der Waals surface area contributed by atoms with E-state index in [0.29, 0.717) is 0 Å². The Morgan fingerprint density at radius 1 is 1.09 bits per heavy atom. The van der Waals surface area contributed by atoms with Crippen LogP contribution in [-0.2, 0) is 19.3 Å². The quantitative estimate of drug-likeness (QED) is 0.861. The van der Waals surface area contributed by atoms with Gasteiger partial charge in [-0.25, -0.2) is 0 Å². The number of aryl methyl sites for hydroxylation is 3. The fraction of sp³-hybridized carbons (Fsp3) is 0.353. The first-order chi connectivity index (χ1) is 10.3. The monoisotopic (exact) mass is 334 g/mol. The highest BCUT2D eigenvalue weighted by molar-refractivity contribution is 7.14. The van der Waals surface area contributed by atoms with Crippen LogP contribution in [0.2, 0.25) is 0 Å². The Bertz CT molecular complexity index is 689. The Labute approximate surface area is 140 Å². The Kier molecular flexibility index (Phi) is 4.41. The van der Waals surface area contributed by atoms with Crippen LogP contribution < -0.4 is 10.6 Å². The van der Waals surface area contributed by atoms with Crippen molar-refractivity contribution in [2.45, 2.75) is 32.1 Å². The molecule has 1 aliphatic carbocycles. The summed E-state index contributed by atoms with van der Waals surface area (Å²) < 4.78 is 0. The fourth-order valence-electron chi connectivity index (χ4n) is 3.19. The minimum Gasteiger partial charge on any atom is -0.385 e. The Balaban J connectivity index is 0.00000144. The molecule has 116 valence electrons. The number of amides is 1. The molecule has 0 radical (unpaired) electrons. The molecule has 1 aromatic carbocycles. The fourth-order valence-corrected chi connectivity index (χ4v) is 4.34. The van der Waals surface area contributed by atoms with Crippen LogP contribution in [0.3, 0.4) is 0 Å². The van der Waals surface area contributed by atoms with E-state index in [1.165, 1.54) is 28.1 Å². The molecule has 2 aliphatic rings. The third kappa shape index (κ3) is 2.85. The zero-order valence-corrected chi connectivity index (χ0v) is 13.9. The van der Waals surface area contributed by atoms with Crippen LogP contribution in [0, 0.1) is 0 Å². The summed E-state index contributed by atoms with van der Waals surface area (Å²) in [5.74, 6) is 0.0260. The van der Waals surface area contributed by atoms with Crippen LogP contribution in [-0.4, -0.2) is 12.5 Å². The summed E-state index contributed by atoms with van der Waals surface area (Å²) in [6, 6.07) is 8.22. The summed E-state index contributed by atoms with van der Waals surface area (Å²) >= 11 is 1.65. The SMILES string of the molecule is Cl.O=C(Nc1ccc2c(c1)CCCN2)c1cc2c(s1)CCC2. The van der Waals surface area contributed by atoms with E-state index in [-0.39, 0.29) is 18.3 Å². The predicted octanol–water partition coefficient (Wildman–Crippen LogP) is 4.27. The van der Waals surface area contributed by atoms with Crippen molar-refractivity contribution in [3.05, 3.63) is 45.1 Å². The number of carbonyl (C=O) groups is 1. The molecule has 0 saturated carbocycles. The van der Waals surface area contributed by atoms with Crippen molar-refractivity contribution >= 4 is 41.0 Å². The van der Waals surface area contributed by atoms with Gasteiger partial charge in [0.1, 0.15) is 0 Å². The third-order valence-electron chi connectivity index (χ3n) is 4.27. The topological polar surface area (TPSA) is 41.1 Å². The van der Waals surface area contributed by atoms with E-state index in [2.05, 4.69) is 28.8 Å². The number of hydrogen-bond donors (Lipinski definition) is 2. The number of benzene rings is 1. The standard InChI is InChI=1S/C17H18N2OS.ClH/c20-17(16-10-12-3-1-5-15(12)21-16)19-13-6-7-14-11(9-13)4-2-8-18-14;/h6-7,9-10,18H,1-5,8H2,(H,19,20);1H. The van der Waals surface area contributed by atoms with E-state index >= 15 is 0 Å². The highest BCUT2D eigenvalue weighted by Crippen LogP contribution is 2.31. The van der Waals surface area contributed by atoms with Gasteiger partial charge < -0.3 is 10.6 Å². The van der Waals surface area contributed by atoms with Crippen LogP contribution in [0.4, 0.5) is 11.4 Å². The van der Waals surface area contributed by atoms with Gasteiger partial charge in [0.25, 0.3) is 5.91 Å². The van der Waals surface area contributed by atoms with Crippen molar-refractivity contribution in [3.63, 3.8) is 0 Å². The molecule has 2 N–H and O–H groups in total. The number of thiophene rings is 1. The van der Waals surface area contributed by atoms with Crippen molar-refractivity contribution in [3.8, 4) is 0 Å². The maximum Gasteiger partial charge on any atom is 0.265 e. The predicted molar refractivity (Wildman–Crippen MR) is 94.8 cm³/mol. The first kappa shape index (κ1) is 15.4. The second-order valence-corrected chi connectivity index (χ2v) is 6.91. The molecule has 1 aromatic heterocycles. The Morgan fingerprint density at radius 3 is 2.82 bits per heavy atom. The van der Waals surface area contributed by atoms with Gasteiger partial charge in [-0.3, -0.25) is 4.79 Å². The number of rotatable bonds is 2. The van der Waals surface area contributed by atoms with E-state index in [0.717, 1.165) is 42.8 Å². The summed E-state index contributed by atoms with van der Waals surface area (Å²) in [7, 11) is 0. The number of halogens is 1. The van der Waals surface area contributed by atoms with E-state index in [9.17, 15) is 4.79 Å². The van der Waals surface area contributed by atoms with Gasteiger partial charge in [0.2, 0.25) is 0 Å². The van der Waals surface area contributed by atoms with Crippen molar-refractivity contribution < 1.29 is 4.79 Å². The largest absolute Gasteiger partial charge is 0.385 e. The molecule has 1 aliphatic heterocycles. The molecular weight excluding hydrogens is 316 g/mol. The molecule has 0 unspecified atom stereocenters. The molecule has 5 heteroatoms. The summed E-state index contributed by atoms with van der Waals surface area (Å²) in [4.78, 5) is 14.6. The van der Waals surface area contributed by atoms with E-state index < -0.39 is 0 Å². The van der Waals surface area contributed by atoms with Gasteiger partial charge >= 0.3 is 0 Å². The van der Waals surface area contributed by atoms with E-state index in [1.807, 2.05) is 6.07 Å². The first-order valence-electron chi connectivity index (χ1n) is 7.59. The zero-order valence-electron chi connectivity index (χ0n) is 12.3. The second-order valence-electron chi connectivity index (χ2n) is 5.77. The van der Waals surface area contributed by atoms with Crippen molar-refractivity contribution in [2.75, 3.05) is 17.2 Å². The molecular formula is C17H19ClN2OS. The Morgan fingerprint density at radius 2 is 1.95 bits per heavy atom. The van der Waals surface area contributed by atoms with Crippen molar-refractivity contribution in [1.82, 2.24) is 0 Å². The molecule has 22 heavy (non-hydrogen) atoms. The lowest BCUT2D eigenvalue weighted by molar-refractivity contribution is 0.103. The smallest absolute Gasteiger partial charge is 0.265 e. The lowest BCUT2D eigenvalue weighted by atomic mass is 10.0. The van der Waals surface area contributed by atoms with Gasteiger partial charge in [-0.05, 0) is 67.5 Å². The molecule has 0 spiro atoms. The highest BCUT2D eigenvalue weighted by atomic mass is 35.5. The average Bonchev–Trinajstić information content (AvgIpc) is 3.08. The average molecular weight is 335 g/mol. The molecule has 4 rings (SSSR count). The molecule has 0 saturated heterocycles. The number of carbonyl (C=O) groups excluding carboxylic acids is 1. The van der Waals surface area contributed by atoms with E-state index in [1.54, 1.807) is 11.3 Å². The number of nitrogens with one attached hydrogen (secondary N) is 2. The maximum atomic E-state index is 12.4. The summed E-state index contributed by atoms with van der Waals surface area (Å²) in [5.41, 5.74) is 4.78. The number of hydrogen-bond acceptors (Lipinski definition) is 3. The molecule has 0 fully saturated rings. The van der Waals surface area contributed by atoms with Gasteiger partial charge in [0, 0.05) is 22.8 Å². The van der Waals surface area contributed by atoms with Gasteiger partial charge in [0.15, 0.2) is 0 Å². The van der Waals surface area contributed by atoms with Crippen LogP contribution in [0.5, 0.6) is 0 Å². The summed E-state index contributed by atoms with van der Waals surface area (Å²) in [5, 5.41) is 6.43. The van der Waals surface area contributed by atoms with Crippen molar-refractivity contribution in [2.24, 2.45) is 0 Å². The minimum absolute atomic E-state index is 0. The number of fused-ring (bicyclic) bond motifs is 2. The van der Waals surface area contributed by atoms with Crippen molar-refractivity contribution in [1.29, 1.82) is 0 Å². The maximum absolute atomic E-state index is 12.4. The second kappa shape index (κ2) is 6.31. The highest BCUT2D eigenvalue weighted by Gasteiger charge is 2.19. The van der Waals surface area contributed by atoms with Gasteiger partial charge in [-0.15, -0.1) is 23.7 Å². The van der Waals surface area contributed by atoms with Crippen LogP contribution in [0.25, 0.3) is 0 Å². The zero-order chi connectivity index (χ0) is 14.2. The molecule has 2 aromatic rings. The lowest BCUT2D eigenvalue weighted by Crippen LogP contribution is -2.14. The molecule has 1 amide bonds. The summed E-state index contributed by atoms with van der Waals surface area (Å²) in [6.45, 7) is 1.04. The van der Waals surface area contributed by atoms with Crippen LogP contribution in [0.1, 0.15) is 38.5 Å². The number of anilines is 2.